The minimum absolute atomic E-state index is 0.0816. The van der Waals surface area contributed by atoms with Crippen LogP contribution >= 0.6 is 15.9 Å². The van der Waals surface area contributed by atoms with Crippen molar-refractivity contribution >= 4 is 21.8 Å². The molecule has 0 aromatic rings. The zero-order valence-corrected chi connectivity index (χ0v) is 8.46. The lowest BCUT2D eigenvalue weighted by Crippen LogP contribution is -2.36. The molecule has 0 radical (unpaired) electrons. The van der Waals surface area contributed by atoms with Gasteiger partial charge in [-0.15, -0.1) is 0 Å². The molecular formula is C9H12BrNO. The third kappa shape index (κ3) is 1.30. The third-order valence-corrected chi connectivity index (χ3v) is 3.45. The molecule has 1 unspecified atom stereocenters. The summed E-state index contributed by atoms with van der Waals surface area (Å²) in [6.07, 6.45) is 7.39. The molecule has 1 aliphatic carbocycles. The molecule has 1 fully saturated rings. The fraction of sp³-hybridized carbons (Fsp3) is 0.667. The predicted octanol–water partition coefficient (Wildman–Crippen LogP) is 1.70. The van der Waals surface area contributed by atoms with Gasteiger partial charge < -0.3 is 4.90 Å². The Labute approximate surface area is 80.7 Å². The summed E-state index contributed by atoms with van der Waals surface area (Å²) >= 11 is 3.38. The lowest BCUT2D eigenvalue weighted by Gasteiger charge is -2.23. The lowest BCUT2D eigenvalue weighted by molar-refractivity contribution is -0.128. The number of hydrogen-bond donors (Lipinski definition) is 0. The van der Waals surface area contributed by atoms with Crippen LogP contribution in [0.15, 0.2) is 12.2 Å². The summed E-state index contributed by atoms with van der Waals surface area (Å²) in [7, 11) is 0. The number of rotatable bonds is 1. The summed E-state index contributed by atoms with van der Waals surface area (Å²) in [4.78, 5) is 13.6. The Hall–Kier alpha value is -0.310. The maximum atomic E-state index is 11.5. The van der Waals surface area contributed by atoms with Gasteiger partial charge in [0.25, 0.3) is 0 Å². The lowest BCUT2D eigenvalue weighted by atomic mass is 10.2. The molecule has 0 spiro atoms. The van der Waals surface area contributed by atoms with Gasteiger partial charge >= 0.3 is 0 Å². The van der Waals surface area contributed by atoms with E-state index >= 15 is 0 Å². The van der Waals surface area contributed by atoms with Crippen molar-refractivity contribution in [3.63, 3.8) is 0 Å². The van der Waals surface area contributed by atoms with Crippen molar-refractivity contribution in [3.8, 4) is 0 Å². The van der Waals surface area contributed by atoms with Crippen LogP contribution in [-0.2, 0) is 4.79 Å². The molecule has 66 valence electrons. The second kappa shape index (κ2) is 3.21. The SMILES string of the molecule is O=C1C(Br)CCN1C1CC=CC1. The highest BCUT2D eigenvalue weighted by atomic mass is 79.9. The number of nitrogens with zero attached hydrogens (tertiary/aromatic N) is 1. The van der Waals surface area contributed by atoms with Crippen LogP contribution in [0.1, 0.15) is 19.3 Å². The summed E-state index contributed by atoms with van der Waals surface area (Å²) in [5.41, 5.74) is 0. The molecule has 0 N–H and O–H groups in total. The van der Waals surface area contributed by atoms with Crippen molar-refractivity contribution in [2.45, 2.75) is 30.1 Å². The second-order valence-electron chi connectivity index (χ2n) is 3.38. The van der Waals surface area contributed by atoms with Crippen molar-refractivity contribution in [1.29, 1.82) is 0 Å². The quantitative estimate of drug-likeness (QED) is 0.496. The van der Waals surface area contributed by atoms with Crippen LogP contribution in [0.25, 0.3) is 0 Å². The van der Waals surface area contributed by atoms with E-state index in [1.54, 1.807) is 0 Å². The molecule has 2 rings (SSSR count). The molecule has 0 saturated carbocycles. The van der Waals surface area contributed by atoms with Crippen LogP contribution in [0.4, 0.5) is 0 Å². The van der Waals surface area contributed by atoms with E-state index in [-0.39, 0.29) is 10.7 Å². The maximum Gasteiger partial charge on any atom is 0.236 e. The van der Waals surface area contributed by atoms with Crippen molar-refractivity contribution in [1.82, 2.24) is 4.90 Å². The Kier molecular flexibility index (Phi) is 2.22. The number of carbonyl (C=O) groups is 1. The van der Waals surface area contributed by atoms with Gasteiger partial charge in [-0.2, -0.15) is 0 Å². The van der Waals surface area contributed by atoms with Crippen LogP contribution in [0.5, 0.6) is 0 Å². The molecule has 0 aromatic heterocycles. The number of amides is 1. The van der Waals surface area contributed by atoms with E-state index in [0.717, 1.165) is 25.8 Å². The molecule has 12 heavy (non-hydrogen) atoms. The average Bonchev–Trinajstić information content (AvgIpc) is 2.64. The summed E-state index contributed by atoms with van der Waals surface area (Å²) in [6.45, 7) is 0.932. The molecule has 0 aromatic carbocycles. The maximum absolute atomic E-state index is 11.5. The van der Waals surface area contributed by atoms with Gasteiger partial charge in [-0.25, -0.2) is 0 Å². The molecular weight excluding hydrogens is 218 g/mol. The zero-order chi connectivity index (χ0) is 8.55. The molecule has 0 bridgehead atoms. The van der Waals surface area contributed by atoms with Gasteiger partial charge in [-0.1, -0.05) is 28.1 Å². The van der Waals surface area contributed by atoms with Gasteiger partial charge in [0.15, 0.2) is 0 Å². The van der Waals surface area contributed by atoms with Gasteiger partial charge in [0.05, 0.1) is 4.83 Å². The minimum Gasteiger partial charge on any atom is -0.338 e. The average molecular weight is 230 g/mol. The minimum atomic E-state index is 0.0816. The van der Waals surface area contributed by atoms with Gasteiger partial charge in [0.1, 0.15) is 0 Å². The normalized spacial score (nSPS) is 30.6. The Morgan fingerprint density at radius 2 is 2.08 bits per heavy atom. The monoisotopic (exact) mass is 229 g/mol. The highest BCUT2D eigenvalue weighted by Crippen LogP contribution is 2.25. The number of hydrogen-bond acceptors (Lipinski definition) is 1. The number of likely N-dealkylation sites (tertiary alicyclic amines) is 1. The largest absolute Gasteiger partial charge is 0.338 e. The number of halogens is 1. The van der Waals surface area contributed by atoms with E-state index in [2.05, 4.69) is 28.1 Å². The molecule has 1 heterocycles. The zero-order valence-electron chi connectivity index (χ0n) is 6.87. The summed E-state index contributed by atoms with van der Waals surface area (Å²) in [6, 6.07) is 0.458. The van der Waals surface area contributed by atoms with E-state index in [1.807, 2.05) is 4.90 Å². The number of alkyl halides is 1. The fourth-order valence-corrected chi connectivity index (χ4v) is 2.35. The predicted molar refractivity (Wildman–Crippen MR) is 51.2 cm³/mol. The van der Waals surface area contributed by atoms with E-state index in [4.69, 9.17) is 0 Å². The summed E-state index contributed by atoms with van der Waals surface area (Å²) < 4.78 is 0. The Bertz CT molecular complexity index is 219. The highest BCUT2D eigenvalue weighted by molar-refractivity contribution is 9.10. The second-order valence-corrected chi connectivity index (χ2v) is 4.49. The first kappa shape index (κ1) is 8.30. The molecule has 2 aliphatic rings. The van der Waals surface area contributed by atoms with Crippen molar-refractivity contribution in [3.05, 3.63) is 12.2 Å². The van der Waals surface area contributed by atoms with E-state index < -0.39 is 0 Å². The van der Waals surface area contributed by atoms with Gasteiger partial charge in [0.2, 0.25) is 5.91 Å². The van der Waals surface area contributed by atoms with Gasteiger partial charge in [-0.3, -0.25) is 4.79 Å². The topological polar surface area (TPSA) is 20.3 Å². The smallest absolute Gasteiger partial charge is 0.236 e. The van der Waals surface area contributed by atoms with Crippen LogP contribution < -0.4 is 0 Å². The number of carbonyl (C=O) groups excluding carboxylic acids is 1. The van der Waals surface area contributed by atoms with Crippen LogP contribution in [-0.4, -0.2) is 28.2 Å². The van der Waals surface area contributed by atoms with Gasteiger partial charge in [-0.05, 0) is 19.3 Å². The summed E-state index contributed by atoms with van der Waals surface area (Å²) in [5.74, 6) is 0.281. The van der Waals surface area contributed by atoms with Crippen molar-refractivity contribution in [2.75, 3.05) is 6.54 Å². The standard InChI is InChI=1S/C9H12BrNO/c10-8-5-6-11(9(8)12)7-3-1-2-4-7/h1-2,7-8H,3-6H2. The van der Waals surface area contributed by atoms with Crippen LogP contribution in [0.3, 0.4) is 0 Å². The molecule has 1 atom stereocenters. The van der Waals surface area contributed by atoms with Crippen LogP contribution in [0.2, 0.25) is 0 Å². The Morgan fingerprint density at radius 1 is 1.42 bits per heavy atom. The molecule has 2 nitrogen and oxygen atoms in total. The molecule has 1 amide bonds. The van der Waals surface area contributed by atoms with E-state index in [1.165, 1.54) is 0 Å². The Balaban J connectivity index is 2.01. The first-order valence-corrected chi connectivity index (χ1v) is 5.30. The third-order valence-electron chi connectivity index (χ3n) is 2.60. The molecule has 1 saturated heterocycles. The van der Waals surface area contributed by atoms with E-state index in [0.29, 0.717) is 6.04 Å². The van der Waals surface area contributed by atoms with Gasteiger partial charge in [0, 0.05) is 12.6 Å². The molecule has 1 aliphatic heterocycles. The van der Waals surface area contributed by atoms with E-state index in [9.17, 15) is 4.79 Å². The summed E-state index contributed by atoms with van der Waals surface area (Å²) in [5, 5.41) is 0. The fourth-order valence-electron chi connectivity index (χ4n) is 1.89. The highest BCUT2D eigenvalue weighted by Gasteiger charge is 2.34. The van der Waals surface area contributed by atoms with Crippen molar-refractivity contribution < 1.29 is 4.79 Å². The molecule has 3 heteroatoms. The van der Waals surface area contributed by atoms with Crippen LogP contribution in [0, 0.1) is 0 Å². The first-order valence-electron chi connectivity index (χ1n) is 4.38. The first-order chi connectivity index (χ1) is 5.79. The van der Waals surface area contributed by atoms with Crippen molar-refractivity contribution in [2.24, 2.45) is 0 Å². The Morgan fingerprint density at radius 3 is 2.58 bits per heavy atom.